The van der Waals surface area contributed by atoms with Crippen molar-refractivity contribution in [1.29, 1.82) is 0 Å². The van der Waals surface area contributed by atoms with Crippen LogP contribution < -0.4 is 0 Å². The number of aromatic nitrogens is 1. The zero-order chi connectivity index (χ0) is 14.9. The van der Waals surface area contributed by atoms with E-state index in [1.54, 1.807) is 0 Å². The SMILES string of the molecule is Cc1ccccc1CN1CC[C@H](c2nc3ccccc3s2)C1. The smallest absolute Gasteiger partial charge is 0.0982 e. The molecule has 1 aliphatic heterocycles. The molecule has 0 saturated carbocycles. The molecular weight excluding hydrogens is 288 g/mol. The Balaban J connectivity index is 1.49. The van der Waals surface area contributed by atoms with E-state index in [2.05, 4.69) is 60.4 Å². The number of para-hydroxylation sites is 1. The van der Waals surface area contributed by atoms with Crippen LogP contribution in [0.4, 0.5) is 0 Å². The fourth-order valence-corrected chi connectivity index (χ4v) is 4.36. The first-order valence-corrected chi connectivity index (χ1v) is 8.73. The number of nitrogens with zero attached hydrogens (tertiary/aromatic N) is 2. The van der Waals surface area contributed by atoms with Gasteiger partial charge in [-0.3, -0.25) is 4.90 Å². The topological polar surface area (TPSA) is 16.1 Å². The molecule has 4 rings (SSSR count). The average Bonchev–Trinajstić information content (AvgIpc) is 3.15. The van der Waals surface area contributed by atoms with E-state index in [-0.39, 0.29) is 0 Å². The maximum absolute atomic E-state index is 4.85. The van der Waals surface area contributed by atoms with Gasteiger partial charge in [0.1, 0.15) is 0 Å². The number of thiazole rings is 1. The van der Waals surface area contributed by atoms with Crippen LogP contribution in [0.1, 0.15) is 28.5 Å². The van der Waals surface area contributed by atoms with Crippen molar-refractivity contribution in [3.05, 3.63) is 64.7 Å². The largest absolute Gasteiger partial charge is 0.298 e. The number of benzene rings is 2. The summed E-state index contributed by atoms with van der Waals surface area (Å²) in [4.78, 5) is 7.41. The van der Waals surface area contributed by atoms with Crippen molar-refractivity contribution in [2.45, 2.75) is 25.8 Å². The van der Waals surface area contributed by atoms with Crippen molar-refractivity contribution < 1.29 is 0 Å². The third-order valence-corrected chi connectivity index (χ3v) is 5.79. The Morgan fingerprint density at radius 2 is 1.95 bits per heavy atom. The van der Waals surface area contributed by atoms with Crippen LogP contribution in [0.2, 0.25) is 0 Å². The summed E-state index contributed by atoms with van der Waals surface area (Å²) in [5.74, 6) is 0.599. The summed E-state index contributed by atoms with van der Waals surface area (Å²) in [6, 6.07) is 17.2. The zero-order valence-corrected chi connectivity index (χ0v) is 13.6. The summed E-state index contributed by atoms with van der Waals surface area (Å²) < 4.78 is 1.31. The van der Waals surface area contributed by atoms with Gasteiger partial charge in [0.2, 0.25) is 0 Å². The number of aryl methyl sites for hydroxylation is 1. The van der Waals surface area contributed by atoms with E-state index in [4.69, 9.17) is 4.98 Å². The molecule has 1 atom stereocenters. The molecule has 2 heterocycles. The second-order valence-corrected chi connectivity index (χ2v) is 7.23. The van der Waals surface area contributed by atoms with Crippen molar-refractivity contribution in [2.75, 3.05) is 13.1 Å². The van der Waals surface area contributed by atoms with Gasteiger partial charge in [-0.25, -0.2) is 4.98 Å². The summed E-state index contributed by atoms with van der Waals surface area (Å²) in [5, 5.41) is 1.31. The molecule has 3 heteroatoms. The van der Waals surface area contributed by atoms with Crippen LogP contribution in [0.15, 0.2) is 48.5 Å². The highest BCUT2D eigenvalue weighted by Crippen LogP contribution is 2.33. The summed E-state index contributed by atoms with van der Waals surface area (Å²) >= 11 is 1.87. The molecule has 112 valence electrons. The van der Waals surface area contributed by atoms with Gasteiger partial charge in [-0.15, -0.1) is 11.3 Å². The minimum Gasteiger partial charge on any atom is -0.298 e. The van der Waals surface area contributed by atoms with Crippen LogP contribution in [-0.2, 0) is 6.54 Å². The van der Waals surface area contributed by atoms with Gasteiger partial charge in [-0.1, -0.05) is 36.4 Å². The third kappa shape index (κ3) is 2.67. The summed E-state index contributed by atoms with van der Waals surface area (Å²) in [7, 11) is 0. The van der Waals surface area contributed by atoms with Crippen LogP contribution in [-0.4, -0.2) is 23.0 Å². The predicted molar refractivity (Wildman–Crippen MR) is 93.4 cm³/mol. The molecule has 0 bridgehead atoms. The molecule has 2 aromatic carbocycles. The molecule has 1 aliphatic rings. The lowest BCUT2D eigenvalue weighted by molar-refractivity contribution is 0.326. The third-order valence-electron chi connectivity index (χ3n) is 4.59. The van der Waals surface area contributed by atoms with Crippen LogP contribution >= 0.6 is 11.3 Å². The van der Waals surface area contributed by atoms with Crippen LogP contribution in [0.3, 0.4) is 0 Å². The van der Waals surface area contributed by atoms with E-state index in [1.807, 2.05) is 11.3 Å². The standard InChI is InChI=1S/C19H20N2S/c1-14-6-2-3-7-15(14)12-21-11-10-16(13-21)19-20-17-8-4-5-9-18(17)22-19/h2-9,16H,10-13H2,1H3/t16-/m0/s1. The number of hydrogen-bond acceptors (Lipinski definition) is 3. The predicted octanol–water partition coefficient (Wildman–Crippen LogP) is 4.59. The van der Waals surface area contributed by atoms with Crippen molar-refractivity contribution in [3.8, 4) is 0 Å². The molecule has 1 saturated heterocycles. The number of hydrogen-bond donors (Lipinski definition) is 0. The van der Waals surface area contributed by atoms with Crippen molar-refractivity contribution >= 4 is 21.6 Å². The molecule has 0 N–H and O–H groups in total. The monoisotopic (exact) mass is 308 g/mol. The Morgan fingerprint density at radius 1 is 1.14 bits per heavy atom. The highest BCUT2D eigenvalue weighted by Gasteiger charge is 2.26. The molecule has 3 aromatic rings. The number of rotatable bonds is 3. The Hall–Kier alpha value is -1.71. The lowest BCUT2D eigenvalue weighted by Gasteiger charge is -2.17. The Kier molecular flexibility index (Phi) is 3.68. The van der Waals surface area contributed by atoms with Gasteiger partial charge in [0.05, 0.1) is 15.2 Å². The summed E-state index contributed by atoms with van der Waals surface area (Å²) in [6.45, 7) is 5.58. The molecular formula is C19H20N2S. The van der Waals surface area contributed by atoms with Gasteiger partial charge < -0.3 is 0 Å². The minimum absolute atomic E-state index is 0.599. The van der Waals surface area contributed by atoms with Gasteiger partial charge in [-0.2, -0.15) is 0 Å². The van der Waals surface area contributed by atoms with Gasteiger partial charge in [0.15, 0.2) is 0 Å². The second kappa shape index (κ2) is 5.82. The van der Waals surface area contributed by atoms with E-state index in [0.29, 0.717) is 5.92 Å². The van der Waals surface area contributed by atoms with Crippen LogP contribution in [0, 0.1) is 6.92 Å². The van der Waals surface area contributed by atoms with Crippen molar-refractivity contribution in [2.24, 2.45) is 0 Å². The first-order valence-electron chi connectivity index (χ1n) is 7.92. The molecule has 0 radical (unpaired) electrons. The molecule has 1 aromatic heterocycles. The number of likely N-dealkylation sites (tertiary alicyclic amines) is 1. The lowest BCUT2D eigenvalue weighted by Crippen LogP contribution is -2.20. The maximum Gasteiger partial charge on any atom is 0.0982 e. The molecule has 22 heavy (non-hydrogen) atoms. The van der Waals surface area contributed by atoms with E-state index in [9.17, 15) is 0 Å². The van der Waals surface area contributed by atoms with E-state index in [1.165, 1.54) is 33.8 Å². The van der Waals surface area contributed by atoms with E-state index >= 15 is 0 Å². The first-order chi connectivity index (χ1) is 10.8. The maximum atomic E-state index is 4.85. The molecule has 0 amide bonds. The Bertz CT molecular complexity index is 760. The molecule has 0 unspecified atom stereocenters. The number of fused-ring (bicyclic) bond motifs is 1. The van der Waals surface area contributed by atoms with Gasteiger partial charge in [0, 0.05) is 19.0 Å². The fraction of sp³-hybridized carbons (Fsp3) is 0.316. The Morgan fingerprint density at radius 3 is 2.82 bits per heavy atom. The minimum atomic E-state index is 0.599. The fourth-order valence-electron chi connectivity index (χ4n) is 3.27. The molecule has 1 fully saturated rings. The first kappa shape index (κ1) is 13.9. The van der Waals surface area contributed by atoms with Crippen molar-refractivity contribution in [3.63, 3.8) is 0 Å². The van der Waals surface area contributed by atoms with E-state index < -0.39 is 0 Å². The van der Waals surface area contributed by atoms with Crippen LogP contribution in [0.5, 0.6) is 0 Å². The zero-order valence-electron chi connectivity index (χ0n) is 12.8. The Labute approximate surface area is 135 Å². The molecule has 0 aliphatic carbocycles. The van der Waals surface area contributed by atoms with E-state index in [0.717, 1.165) is 18.6 Å². The molecule has 0 spiro atoms. The second-order valence-electron chi connectivity index (χ2n) is 6.17. The van der Waals surface area contributed by atoms with Gasteiger partial charge >= 0.3 is 0 Å². The normalized spacial score (nSPS) is 19.0. The quantitative estimate of drug-likeness (QED) is 0.703. The highest BCUT2D eigenvalue weighted by atomic mass is 32.1. The highest BCUT2D eigenvalue weighted by molar-refractivity contribution is 7.18. The average molecular weight is 308 g/mol. The van der Waals surface area contributed by atoms with Gasteiger partial charge in [-0.05, 0) is 43.1 Å². The van der Waals surface area contributed by atoms with Crippen molar-refractivity contribution in [1.82, 2.24) is 9.88 Å². The summed E-state index contributed by atoms with van der Waals surface area (Å²) in [5.41, 5.74) is 4.00. The van der Waals surface area contributed by atoms with Crippen LogP contribution in [0.25, 0.3) is 10.2 Å². The lowest BCUT2D eigenvalue weighted by atomic mass is 10.1. The molecule has 2 nitrogen and oxygen atoms in total. The summed E-state index contributed by atoms with van der Waals surface area (Å²) in [6.07, 6.45) is 1.23. The van der Waals surface area contributed by atoms with Gasteiger partial charge in [0.25, 0.3) is 0 Å².